The molecule has 0 bridgehead atoms. The molecule has 0 saturated heterocycles. The van der Waals surface area contributed by atoms with Gasteiger partial charge in [-0.2, -0.15) is 23.4 Å². The van der Waals surface area contributed by atoms with Crippen LogP contribution < -0.4 is 0 Å². The van der Waals surface area contributed by atoms with Crippen molar-refractivity contribution in [3.8, 4) is 5.69 Å². The lowest BCUT2D eigenvalue weighted by molar-refractivity contribution is -0.140. The van der Waals surface area contributed by atoms with E-state index in [0.29, 0.717) is 22.5 Å². The summed E-state index contributed by atoms with van der Waals surface area (Å²) in [7, 11) is -2.14. The van der Waals surface area contributed by atoms with Crippen LogP contribution >= 0.6 is 0 Å². The monoisotopic (exact) mass is 630 g/mol. The molecule has 3 atom stereocenters. The second-order valence-electron chi connectivity index (χ2n) is 11.1. The molecule has 3 heterocycles. The van der Waals surface area contributed by atoms with Crippen LogP contribution in [-0.4, -0.2) is 63.5 Å². The Bertz CT molecular complexity index is 1880. The van der Waals surface area contributed by atoms with Gasteiger partial charge in [0.2, 0.25) is 0 Å². The summed E-state index contributed by atoms with van der Waals surface area (Å²) in [6.07, 6.45) is 2.55. The second kappa shape index (κ2) is 10.8. The molecule has 1 aromatic carbocycles. The van der Waals surface area contributed by atoms with Crippen LogP contribution in [0.2, 0.25) is 0 Å². The van der Waals surface area contributed by atoms with Crippen molar-refractivity contribution in [1.82, 2.24) is 28.9 Å². The van der Waals surface area contributed by atoms with E-state index >= 15 is 0 Å². The van der Waals surface area contributed by atoms with Gasteiger partial charge in [-0.25, -0.2) is 22.0 Å². The van der Waals surface area contributed by atoms with Gasteiger partial charge in [0.1, 0.15) is 23.9 Å². The number of rotatable bonds is 7. The van der Waals surface area contributed by atoms with Crippen molar-refractivity contribution < 1.29 is 31.0 Å². The van der Waals surface area contributed by atoms with Crippen LogP contribution in [-0.2, 0) is 23.2 Å². The Morgan fingerprint density at radius 1 is 1.14 bits per heavy atom. The fourth-order valence-corrected chi connectivity index (χ4v) is 8.06. The quantitative estimate of drug-likeness (QED) is 0.159. The third kappa shape index (κ3) is 5.36. The summed E-state index contributed by atoms with van der Waals surface area (Å²) in [5.74, 6) is 2.07. The van der Waals surface area contributed by atoms with E-state index in [4.69, 9.17) is 0 Å². The Kier molecular flexibility index (Phi) is 7.31. The number of halogens is 5. The Hall–Kier alpha value is -4.17. The number of pyridine rings is 1. The number of ketones is 1. The molecule has 14 heteroatoms. The maximum Gasteiger partial charge on any atom is 0.402 e. The Morgan fingerprint density at radius 2 is 1.89 bits per heavy atom. The molecule has 1 saturated carbocycles. The molecular formula is C30H27F5N6O2S. The van der Waals surface area contributed by atoms with Crippen molar-refractivity contribution in [2.75, 3.05) is 6.54 Å². The zero-order valence-electron chi connectivity index (χ0n) is 23.5. The highest BCUT2D eigenvalue weighted by Crippen LogP contribution is 2.51. The SMILES string of the molecule is C=S(=O)(c1cnn(C)c1)N(CC(F)(F)F)[C@H]1CCC2=Cc3c(cnn3-c3ccc(F)cc3)C[C@]2(C(=O)c2cc(F)ccn2)C1. The minimum absolute atomic E-state index is 0.0317. The van der Waals surface area contributed by atoms with Gasteiger partial charge in [-0.15, -0.1) is 0 Å². The average Bonchev–Trinajstić information content (AvgIpc) is 3.60. The second-order valence-corrected chi connectivity index (χ2v) is 13.4. The highest BCUT2D eigenvalue weighted by Gasteiger charge is 2.52. The standard InChI is InChI=1S/C30H27F5N6O2S/c1-39-17-25(16-37-39)44(2,43)40(18-30(33,34)35)24-6-3-20-11-27-19(15-38-41(27)23-7-4-21(31)5-8-23)13-29(20,14-24)28(42)26-12-22(32)9-10-36-26/h4-5,7-12,15-17,24H,2-3,6,13-14,18H2,1H3/t24-,29-,44?/m0/s1. The smallest absolute Gasteiger partial charge is 0.291 e. The molecule has 1 unspecified atom stereocenters. The first kappa shape index (κ1) is 29.9. The number of allylic oxidation sites excluding steroid dienone is 1. The van der Waals surface area contributed by atoms with E-state index in [2.05, 4.69) is 21.1 Å². The van der Waals surface area contributed by atoms with E-state index in [1.807, 2.05) is 0 Å². The fraction of sp³-hybridized carbons (Fsp3) is 0.300. The van der Waals surface area contributed by atoms with E-state index in [-0.39, 0.29) is 36.3 Å². The molecule has 0 amide bonds. The molecule has 0 aliphatic heterocycles. The van der Waals surface area contributed by atoms with Crippen LogP contribution in [0.4, 0.5) is 22.0 Å². The van der Waals surface area contributed by atoms with Gasteiger partial charge < -0.3 is 0 Å². The number of fused-ring (bicyclic) bond motifs is 2. The molecule has 1 fully saturated rings. The molecule has 2 aliphatic carbocycles. The number of Topliss-reactive ketones (excluding diaryl/α,β-unsaturated/α-hetero) is 1. The number of carbonyl (C=O) groups excluding carboxylic acids is 1. The Morgan fingerprint density at radius 3 is 2.55 bits per heavy atom. The number of benzene rings is 1. The molecule has 2 aliphatic rings. The van der Waals surface area contributed by atoms with Gasteiger partial charge in [0.25, 0.3) is 0 Å². The van der Waals surface area contributed by atoms with Crippen LogP contribution in [0.1, 0.15) is 41.0 Å². The van der Waals surface area contributed by atoms with Gasteiger partial charge in [-0.05, 0) is 73.5 Å². The summed E-state index contributed by atoms with van der Waals surface area (Å²) in [6.45, 7) is -1.52. The minimum Gasteiger partial charge on any atom is -0.291 e. The van der Waals surface area contributed by atoms with Gasteiger partial charge in [0.15, 0.2) is 5.78 Å². The topological polar surface area (TPSA) is 85.9 Å². The van der Waals surface area contributed by atoms with Crippen molar-refractivity contribution in [3.63, 3.8) is 0 Å². The predicted octanol–water partition coefficient (Wildman–Crippen LogP) is 5.20. The number of aromatic nitrogens is 5. The summed E-state index contributed by atoms with van der Waals surface area (Å²) >= 11 is 0. The Balaban J connectivity index is 1.46. The maximum atomic E-state index is 14.3. The van der Waals surface area contributed by atoms with E-state index in [1.165, 1.54) is 29.2 Å². The predicted molar refractivity (Wildman–Crippen MR) is 153 cm³/mol. The fourth-order valence-electron chi connectivity index (χ4n) is 6.24. The number of hydrogen-bond donors (Lipinski definition) is 0. The van der Waals surface area contributed by atoms with Gasteiger partial charge in [-0.3, -0.25) is 14.5 Å². The third-order valence-electron chi connectivity index (χ3n) is 8.27. The van der Waals surface area contributed by atoms with E-state index < -0.39 is 51.3 Å². The highest BCUT2D eigenvalue weighted by molar-refractivity contribution is 7.98. The Labute approximate surface area is 250 Å². The third-order valence-corrected chi connectivity index (χ3v) is 10.4. The molecule has 6 rings (SSSR count). The number of carbonyl (C=O) groups is 1. The molecule has 8 nitrogen and oxygen atoms in total. The summed E-state index contributed by atoms with van der Waals surface area (Å²) in [6, 6.07) is 6.80. The molecular weight excluding hydrogens is 603 g/mol. The van der Waals surface area contributed by atoms with Gasteiger partial charge in [-0.1, -0.05) is 5.57 Å². The summed E-state index contributed by atoms with van der Waals surface area (Å²) in [4.78, 5) is 18.5. The maximum absolute atomic E-state index is 14.3. The summed E-state index contributed by atoms with van der Waals surface area (Å²) < 4.78 is 87.8. The van der Waals surface area contributed by atoms with Crippen LogP contribution in [0.3, 0.4) is 0 Å². The van der Waals surface area contributed by atoms with Crippen molar-refractivity contribution in [1.29, 1.82) is 0 Å². The first-order valence-corrected chi connectivity index (χ1v) is 15.3. The van der Waals surface area contributed by atoms with Crippen LogP contribution in [0, 0.1) is 17.0 Å². The molecule has 0 N–H and O–H groups in total. The van der Waals surface area contributed by atoms with E-state index in [9.17, 15) is 31.0 Å². The number of alkyl halides is 3. The zero-order chi connectivity index (χ0) is 31.4. The minimum atomic E-state index is -4.73. The van der Waals surface area contributed by atoms with E-state index in [0.717, 1.165) is 22.6 Å². The van der Waals surface area contributed by atoms with Gasteiger partial charge in [0.05, 0.1) is 43.8 Å². The van der Waals surface area contributed by atoms with Crippen molar-refractivity contribution >= 4 is 27.4 Å². The number of nitrogens with zero attached hydrogens (tertiary/aromatic N) is 6. The first-order chi connectivity index (χ1) is 20.8. The molecule has 0 spiro atoms. The van der Waals surface area contributed by atoms with Crippen molar-refractivity contribution in [2.45, 2.75) is 42.8 Å². The molecule has 230 valence electrons. The average molecular weight is 631 g/mol. The van der Waals surface area contributed by atoms with Crippen LogP contribution in [0.25, 0.3) is 11.8 Å². The van der Waals surface area contributed by atoms with Crippen LogP contribution in [0.15, 0.2) is 71.7 Å². The molecule has 3 aromatic heterocycles. The first-order valence-electron chi connectivity index (χ1n) is 13.7. The van der Waals surface area contributed by atoms with Gasteiger partial charge in [0, 0.05) is 31.5 Å². The number of hydrogen-bond acceptors (Lipinski definition) is 5. The number of aryl methyl sites for hydroxylation is 1. The zero-order valence-corrected chi connectivity index (χ0v) is 24.3. The van der Waals surface area contributed by atoms with Crippen molar-refractivity contribution in [3.05, 3.63) is 95.3 Å². The van der Waals surface area contributed by atoms with Crippen LogP contribution in [0.5, 0.6) is 0 Å². The lowest BCUT2D eigenvalue weighted by Gasteiger charge is -2.47. The largest absolute Gasteiger partial charge is 0.402 e. The summed E-state index contributed by atoms with van der Waals surface area (Å²) in [5.41, 5.74) is 0.855. The molecule has 0 radical (unpaired) electrons. The molecule has 44 heavy (non-hydrogen) atoms. The van der Waals surface area contributed by atoms with E-state index in [1.54, 1.807) is 36.1 Å². The normalized spacial score (nSPS) is 21.3. The van der Waals surface area contributed by atoms with Gasteiger partial charge >= 0.3 is 6.18 Å². The summed E-state index contributed by atoms with van der Waals surface area (Å²) in [5, 5.41) is 8.43. The van der Waals surface area contributed by atoms with Crippen molar-refractivity contribution in [2.24, 2.45) is 12.5 Å². The molecule has 4 aromatic rings. The lowest BCUT2D eigenvalue weighted by atomic mass is 9.60. The lowest BCUT2D eigenvalue weighted by Crippen LogP contribution is -2.52. The highest BCUT2D eigenvalue weighted by atomic mass is 32.2.